The minimum atomic E-state index is 0.890. The van der Waals surface area contributed by atoms with E-state index in [0.29, 0.717) is 0 Å². The van der Waals surface area contributed by atoms with Gasteiger partial charge in [-0.1, -0.05) is 61.2 Å². The molecule has 1 aromatic heterocycles. The van der Waals surface area contributed by atoms with E-state index in [4.69, 9.17) is 0 Å². The van der Waals surface area contributed by atoms with Crippen LogP contribution in [-0.4, -0.2) is 4.57 Å². The fourth-order valence-electron chi connectivity index (χ4n) is 3.86. The zero-order chi connectivity index (χ0) is 18.2. The fourth-order valence-corrected chi connectivity index (χ4v) is 3.86. The Morgan fingerprint density at radius 3 is 2.52 bits per heavy atom. The second-order valence-corrected chi connectivity index (χ2v) is 6.86. The van der Waals surface area contributed by atoms with Crippen LogP contribution >= 0.6 is 0 Å². The third-order valence-electron chi connectivity index (χ3n) is 5.09. The van der Waals surface area contributed by atoms with Crippen molar-refractivity contribution < 1.29 is 0 Å². The molecule has 3 aromatic carbocycles. The SMILES string of the molecule is C=C1/C=C\C=C/Cc2cc3c4ccccc4n(-c4ccccc4)c3cc2N1. The minimum Gasteiger partial charge on any atom is -0.356 e. The van der Waals surface area contributed by atoms with E-state index in [1.54, 1.807) is 0 Å². The maximum absolute atomic E-state index is 4.12. The van der Waals surface area contributed by atoms with Gasteiger partial charge in [0.15, 0.2) is 0 Å². The molecule has 1 N–H and O–H groups in total. The second-order valence-electron chi connectivity index (χ2n) is 6.86. The number of aromatic nitrogens is 1. The average Bonchev–Trinajstić information content (AvgIpc) is 3.05. The number of allylic oxidation sites excluding steroid dienone is 4. The van der Waals surface area contributed by atoms with Crippen LogP contribution in [0.5, 0.6) is 0 Å². The van der Waals surface area contributed by atoms with Gasteiger partial charge in [-0.2, -0.15) is 0 Å². The van der Waals surface area contributed by atoms with Crippen LogP contribution in [0, 0.1) is 0 Å². The molecule has 0 bridgehead atoms. The van der Waals surface area contributed by atoms with Crippen LogP contribution in [0.2, 0.25) is 0 Å². The van der Waals surface area contributed by atoms with E-state index < -0.39 is 0 Å². The number of fused-ring (bicyclic) bond motifs is 4. The molecule has 0 aliphatic carbocycles. The predicted molar refractivity (Wildman–Crippen MR) is 116 cm³/mol. The molecule has 1 aliphatic rings. The van der Waals surface area contributed by atoms with Gasteiger partial charge in [-0.3, -0.25) is 0 Å². The van der Waals surface area contributed by atoms with Gasteiger partial charge in [-0.25, -0.2) is 0 Å². The van der Waals surface area contributed by atoms with Gasteiger partial charge in [0.25, 0.3) is 0 Å². The molecule has 4 aromatic rings. The molecule has 0 radical (unpaired) electrons. The van der Waals surface area contributed by atoms with Crippen molar-refractivity contribution in [1.29, 1.82) is 0 Å². The Labute approximate surface area is 158 Å². The summed E-state index contributed by atoms with van der Waals surface area (Å²) in [5.41, 5.74) is 6.88. The van der Waals surface area contributed by atoms with E-state index in [9.17, 15) is 0 Å². The molecule has 0 atom stereocenters. The van der Waals surface area contributed by atoms with E-state index in [1.807, 2.05) is 12.2 Å². The van der Waals surface area contributed by atoms with Crippen molar-refractivity contribution in [1.82, 2.24) is 4.57 Å². The Kier molecular flexibility index (Phi) is 3.68. The molecule has 0 unspecified atom stereocenters. The van der Waals surface area contributed by atoms with E-state index in [1.165, 1.54) is 33.1 Å². The lowest BCUT2D eigenvalue weighted by Crippen LogP contribution is -2.00. The van der Waals surface area contributed by atoms with Crippen molar-refractivity contribution >= 4 is 27.5 Å². The summed E-state index contributed by atoms with van der Waals surface area (Å²) in [5.74, 6) is 0. The highest BCUT2D eigenvalue weighted by Gasteiger charge is 2.15. The van der Waals surface area contributed by atoms with Gasteiger partial charge in [0.05, 0.1) is 11.0 Å². The summed E-state index contributed by atoms with van der Waals surface area (Å²) in [6, 6.07) is 23.8. The highest BCUT2D eigenvalue weighted by molar-refractivity contribution is 6.10. The van der Waals surface area contributed by atoms with E-state index in [-0.39, 0.29) is 0 Å². The Bertz CT molecular complexity index is 1220. The first-order valence-corrected chi connectivity index (χ1v) is 9.22. The predicted octanol–water partition coefficient (Wildman–Crippen LogP) is 6.38. The maximum atomic E-state index is 4.12. The summed E-state index contributed by atoms with van der Waals surface area (Å²) in [4.78, 5) is 0. The van der Waals surface area contributed by atoms with E-state index >= 15 is 0 Å². The smallest absolute Gasteiger partial charge is 0.0561 e. The molecule has 130 valence electrons. The number of benzene rings is 3. The standard InChI is InChI=1S/C25H20N2/c1-18-10-4-2-5-11-19-16-22-21-14-8-9-15-24(21)27(20-12-6-3-7-13-20)25(22)17-23(19)26-18/h2-10,12-17,26H,1,11H2/b5-2-,10-4-. The average molecular weight is 348 g/mol. The zero-order valence-electron chi connectivity index (χ0n) is 15.0. The van der Waals surface area contributed by atoms with E-state index in [0.717, 1.165) is 17.8 Å². The largest absolute Gasteiger partial charge is 0.356 e. The number of para-hydroxylation sites is 2. The van der Waals surface area contributed by atoms with Gasteiger partial charge in [0.2, 0.25) is 0 Å². The second kappa shape index (κ2) is 6.33. The van der Waals surface area contributed by atoms with Crippen LogP contribution in [-0.2, 0) is 6.42 Å². The van der Waals surface area contributed by atoms with Crippen LogP contribution in [0.25, 0.3) is 27.5 Å². The summed E-state index contributed by atoms with van der Waals surface area (Å²) in [6.07, 6.45) is 9.20. The molecule has 1 aliphatic heterocycles. The summed E-state index contributed by atoms with van der Waals surface area (Å²) in [5, 5.41) is 6.04. The third-order valence-corrected chi connectivity index (χ3v) is 5.09. The Morgan fingerprint density at radius 1 is 0.815 bits per heavy atom. The Balaban J connectivity index is 1.86. The molecule has 0 saturated carbocycles. The zero-order valence-corrected chi connectivity index (χ0v) is 15.0. The normalized spacial score (nSPS) is 16.2. The number of hydrogen-bond donors (Lipinski definition) is 1. The minimum absolute atomic E-state index is 0.890. The molecule has 2 nitrogen and oxygen atoms in total. The van der Waals surface area contributed by atoms with Crippen LogP contribution in [0.1, 0.15) is 5.56 Å². The molecular weight excluding hydrogens is 328 g/mol. The van der Waals surface area contributed by atoms with E-state index in [2.05, 4.69) is 95.3 Å². The highest BCUT2D eigenvalue weighted by atomic mass is 15.0. The van der Waals surface area contributed by atoms with Crippen molar-refractivity contribution in [3.63, 3.8) is 0 Å². The van der Waals surface area contributed by atoms with Crippen LogP contribution < -0.4 is 5.32 Å². The number of nitrogens with one attached hydrogen (secondary N) is 1. The molecule has 5 rings (SSSR count). The fraction of sp³-hybridized carbons (Fsp3) is 0.0400. The monoisotopic (exact) mass is 348 g/mol. The van der Waals surface area contributed by atoms with Gasteiger partial charge in [0, 0.05) is 27.8 Å². The van der Waals surface area contributed by atoms with Gasteiger partial charge < -0.3 is 9.88 Å². The highest BCUT2D eigenvalue weighted by Crippen LogP contribution is 2.36. The van der Waals surface area contributed by atoms with Crippen molar-refractivity contribution in [2.45, 2.75) is 6.42 Å². The molecule has 2 heteroatoms. The molecule has 0 spiro atoms. The first kappa shape index (κ1) is 15.7. The topological polar surface area (TPSA) is 17.0 Å². The summed E-state index contributed by atoms with van der Waals surface area (Å²) < 4.78 is 2.34. The van der Waals surface area contributed by atoms with Gasteiger partial charge in [-0.05, 0) is 48.4 Å². The molecular formula is C25H20N2. The quantitative estimate of drug-likeness (QED) is 0.422. The first-order valence-electron chi connectivity index (χ1n) is 9.22. The summed E-state index contributed by atoms with van der Waals surface area (Å²) >= 11 is 0. The number of rotatable bonds is 1. The van der Waals surface area contributed by atoms with Crippen molar-refractivity contribution in [3.05, 3.63) is 109 Å². The van der Waals surface area contributed by atoms with Crippen molar-refractivity contribution in [2.75, 3.05) is 5.32 Å². The molecule has 0 fully saturated rings. The maximum Gasteiger partial charge on any atom is 0.0561 e. The number of nitrogens with zero attached hydrogens (tertiary/aromatic N) is 1. The van der Waals surface area contributed by atoms with Crippen LogP contribution in [0.15, 0.2) is 103 Å². The first-order chi connectivity index (χ1) is 13.3. The third kappa shape index (κ3) is 2.67. The summed E-state index contributed by atoms with van der Waals surface area (Å²) in [6.45, 7) is 4.12. The van der Waals surface area contributed by atoms with Crippen LogP contribution in [0.4, 0.5) is 5.69 Å². The lowest BCUT2D eigenvalue weighted by atomic mass is 10.0. The summed E-state index contributed by atoms with van der Waals surface area (Å²) in [7, 11) is 0. The molecule has 2 heterocycles. The molecule has 0 saturated heterocycles. The molecule has 27 heavy (non-hydrogen) atoms. The van der Waals surface area contributed by atoms with Crippen LogP contribution in [0.3, 0.4) is 0 Å². The lowest BCUT2D eigenvalue weighted by Gasteiger charge is -2.13. The lowest BCUT2D eigenvalue weighted by molar-refractivity contribution is 1.18. The van der Waals surface area contributed by atoms with Gasteiger partial charge >= 0.3 is 0 Å². The molecule has 0 amide bonds. The van der Waals surface area contributed by atoms with Crippen molar-refractivity contribution in [3.8, 4) is 5.69 Å². The Morgan fingerprint density at radius 2 is 1.63 bits per heavy atom. The Hall–Kier alpha value is -3.52. The number of anilines is 1. The van der Waals surface area contributed by atoms with Gasteiger partial charge in [-0.15, -0.1) is 0 Å². The van der Waals surface area contributed by atoms with Crippen molar-refractivity contribution in [2.24, 2.45) is 0 Å². The number of hydrogen-bond acceptors (Lipinski definition) is 1. The van der Waals surface area contributed by atoms with Gasteiger partial charge in [0.1, 0.15) is 0 Å².